The minimum absolute atomic E-state index is 0.181. The van der Waals surface area contributed by atoms with Crippen LogP contribution in [0.15, 0.2) is 12.1 Å². The molecular weight excluding hydrogens is 198 g/mol. The molecule has 15 heavy (non-hydrogen) atoms. The smallest absolute Gasteiger partial charge is 0.215 e. The van der Waals surface area contributed by atoms with Crippen molar-refractivity contribution in [3.05, 3.63) is 12.1 Å². The summed E-state index contributed by atoms with van der Waals surface area (Å²) in [5, 5.41) is 20.6. The van der Waals surface area contributed by atoms with E-state index >= 15 is 0 Å². The van der Waals surface area contributed by atoms with Gasteiger partial charge in [-0.15, -0.1) is 0 Å². The van der Waals surface area contributed by atoms with Crippen LogP contribution in [0.3, 0.4) is 0 Å². The maximum atomic E-state index is 9.12. The molecule has 5 N–H and O–H groups in total. The van der Waals surface area contributed by atoms with Gasteiger partial charge in [0.05, 0.1) is 25.5 Å². The predicted octanol–water partition coefficient (Wildman–Crippen LogP) is -0.563. The van der Waals surface area contributed by atoms with E-state index in [-0.39, 0.29) is 13.2 Å². The largest absolute Gasteiger partial charge is 0.481 e. The number of aliphatic hydroxyl groups is 2. The molecule has 6 nitrogen and oxygen atoms in total. The lowest BCUT2D eigenvalue weighted by molar-refractivity contribution is 0.105. The molecule has 1 aromatic rings. The standard InChI is InChI=1S/C9H15N3O3/c1-15-8-3-2-7(10)9(12-8)11-4-6(14)5-13/h2-3,6,13-14H,4-5,10H2,1H3,(H,11,12)/t6-/m0/s1. The molecule has 0 fully saturated rings. The number of aliphatic hydroxyl groups excluding tert-OH is 2. The van der Waals surface area contributed by atoms with E-state index in [4.69, 9.17) is 20.7 Å². The Labute approximate surface area is 87.7 Å². The summed E-state index contributed by atoms with van der Waals surface area (Å²) in [4.78, 5) is 4.05. The Balaban J connectivity index is 2.66. The minimum atomic E-state index is -0.836. The Morgan fingerprint density at radius 1 is 1.60 bits per heavy atom. The van der Waals surface area contributed by atoms with Gasteiger partial charge in [-0.25, -0.2) is 0 Å². The van der Waals surface area contributed by atoms with Crippen LogP contribution in [0.1, 0.15) is 0 Å². The van der Waals surface area contributed by atoms with Gasteiger partial charge >= 0.3 is 0 Å². The number of nitrogens with zero attached hydrogens (tertiary/aromatic N) is 1. The van der Waals surface area contributed by atoms with Gasteiger partial charge in [0.2, 0.25) is 5.88 Å². The molecule has 0 saturated carbocycles. The van der Waals surface area contributed by atoms with E-state index in [9.17, 15) is 0 Å². The highest BCUT2D eigenvalue weighted by molar-refractivity contribution is 5.61. The molecule has 0 amide bonds. The second-order valence-corrected chi connectivity index (χ2v) is 3.01. The molecule has 0 spiro atoms. The molecule has 0 saturated heterocycles. The number of aromatic nitrogens is 1. The fourth-order valence-corrected chi connectivity index (χ4v) is 0.986. The SMILES string of the molecule is COc1ccc(N)c(NC[C@H](O)CO)n1. The lowest BCUT2D eigenvalue weighted by atomic mass is 10.3. The van der Waals surface area contributed by atoms with Crippen LogP contribution in [0.4, 0.5) is 11.5 Å². The Morgan fingerprint density at radius 3 is 2.93 bits per heavy atom. The van der Waals surface area contributed by atoms with Crippen molar-refractivity contribution in [3.63, 3.8) is 0 Å². The van der Waals surface area contributed by atoms with Crippen LogP contribution in [0.25, 0.3) is 0 Å². The van der Waals surface area contributed by atoms with Crippen molar-refractivity contribution < 1.29 is 14.9 Å². The van der Waals surface area contributed by atoms with Gasteiger partial charge in [0.15, 0.2) is 5.82 Å². The number of pyridine rings is 1. The van der Waals surface area contributed by atoms with E-state index in [0.717, 1.165) is 0 Å². The molecule has 0 bridgehead atoms. The molecule has 1 rings (SSSR count). The maximum absolute atomic E-state index is 9.12. The van der Waals surface area contributed by atoms with E-state index in [2.05, 4.69) is 10.3 Å². The summed E-state index contributed by atoms with van der Waals surface area (Å²) >= 11 is 0. The first-order valence-electron chi connectivity index (χ1n) is 4.50. The maximum Gasteiger partial charge on any atom is 0.215 e. The Hall–Kier alpha value is -1.53. The third-order valence-corrected chi connectivity index (χ3v) is 1.83. The van der Waals surface area contributed by atoms with Crippen LogP contribution >= 0.6 is 0 Å². The number of nitrogen functional groups attached to an aromatic ring is 1. The topological polar surface area (TPSA) is 101 Å². The van der Waals surface area contributed by atoms with Crippen molar-refractivity contribution in [3.8, 4) is 5.88 Å². The highest BCUT2D eigenvalue weighted by atomic mass is 16.5. The summed E-state index contributed by atoms with van der Waals surface area (Å²) in [6, 6.07) is 3.29. The van der Waals surface area contributed by atoms with Gasteiger partial charge in [-0.05, 0) is 6.07 Å². The van der Waals surface area contributed by atoms with Crippen LogP contribution in [-0.4, -0.2) is 41.6 Å². The normalized spacial score (nSPS) is 12.2. The van der Waals surface area contributed by atoms with E-state index in [1.54, 1.807) is 12.1 Å². The first-order chi connectivity index (χ1) is 7.17. The molecule has 0 unspecified atom stereocenters. The zero-order valence-electron chi connectivity index (χ0n) is 8.47. The zero-order valence-corrected chi connectivity index (χ0v) is 8.47. The average Bonchev–Trinajstić information content (AvgIpc) is 2.27. The van der Waals surface area contributed by atoms with Crippen molar-refractivity contribution in [2.24, 2.45) is 0 Å². The van der Waals surface area contributed by atoms with Gasteiger partial charge in [0.25, 0.3) is 0 Å². The van der Waals surface area contributed by atoms with E-state index < -0.39 is 6.10 Å². The number of rotatable bonds is 5. The van der Waals surface area contributed by atoms with Gasteiger partial charge in [0.1, 0.15) is 0 Å². The van der Waals surface area contributed by atoms with Crippen molar-refractivity contribution in [1.82, 2.24) is 4.98 Å². The lowest BCUT2D eigenvalue weighted by Gasteiger charge is -2.11. The molecule has 1 atom stereocenters. The summed E-state index contributed by atoms with van der Waals surface area (Å²) in [5.74, 6) is 0.868. The van der Waals surface area contributed by atoms with Crippen molar-refractivity contribution in [1.29, 1.82) is 0 Å². The molecule has 0 aliphatic rings. The molecular formula is C9H15N3O3. The van der Waals surface area contributed by atoms with E-state index in [1.165, 1.54) is 7.11 Å². The molecule has 0 aliphatic heterocycles. The fraction of sp³-hybridized carbons (Fsp3) is 0.444. The number of methoxy groups -OCH3 is 1. The van der Waals surface area contributed by atoms with E-state index in [1.807, 2.05) is 0 Å². The molecule has 1 aromatic heterocycles. The highest BCUT2D eigenvalue weighted by Gasteiger charge is 2.06. The number of hydrogen-bond acceptors (Lipinski definition) is 6. The van der Waals surface area contributed by atoms with Gasteiger partial charge < -0.3 is 26.0 Å². The summed E-state index contributed by atoms with van der Waals surface area (Å²) < 4.78 is 4.92. The number of hydrogen-bond donors (Lipinski definition) is 4. The third kappa shape index (κ3) is 3.26. The van der Waals surface area contributed by atoms with Crippen LogP contribution < -0.4 is 15.8 Å². The molecule has 84 valence electrons. The van der Waals surface area contributed by atoms with Gasteiger partial charge in [-0.1, -0.05) is 0 Å². The van der Waals surface area contributed by atoms with Crippen molar-refractivity contribution in [2.45, 2.75) is 6.10 Å². The van der Waals surface area contributed by atoms with Gasteiger partial charge in [-0.2, -0.15) is 4.98 Å². The van der Waals surface area contributed by atoms with E-state index in [0.29, 0.717) is 17.4 Å². The number of anilines is 2. The van der Waals surface area contributed by atoms with Crippen LogP contribution in [-0.2, 0) is 0 Å². The molecule has 0 radical (unpaired) electrons. The first-order valence-corrected chi connectivity index (χ1v) is 4.50. The quantitative estimate of drug-likeness (QED) is 0.523. The second kappa shape index (κ2) is 5.38. The van der Waals surface area contributed by atoms with Gasteiger partial charge in [-0.3, -0.25) is 0 Å². The molecule has 6 heteroatoms. The molecule has 1 heterocycles. The number of nitrogens with one attached hydrogen (secondary N) is 1. The van der Waals surface area contributed by atoms with Crippen LogP contribution in [0.2, 0.25) is 0 Å². The van der Waals surface area contributed by atoms with Crippen LogP contribution in [0.5, 0.6) is 5.88 Å². The summed E-state index contributed by atoms with van der Waals surface area (Å²) in [7, 11) is 1.50. The minimum Gasteiger partial charge on any atom is -0.481 e. The lowest BCUT2D eigenvalue weighted by Crippen LogP contribution is -2.23. The molecule has 0 aromatic carbocycles. The monoisotopic (exact) mass is 213 g/mol. The number of nitrogens with two attached hydrogens (primary N) is 1. The number of ether oxygens (including phenoxy) is 1. The fourth-order valence-electron chi connectivity index (χ4n) is 0.986. The summed E-state index contributed by atoms with van der Waals surface area (Å²) in [6.07, 6.45) is -0.836. The Morgan fingerprint density at radius 2 is 2.33 bits per heavy atom. The Kier molecular flexibility index (Phi) is 4.14. The zero-order chi connectivity index (χ0) is 11.3. The van der Waals surface area contributed by atoms with Gasteiger partial charge in [0, 0.05) is 12.6 Å². The summed E-state index contributed by atoms with van der Waals surface area (Å²) in [6.45, 7) is -0.127. The second-order valence-electron chi connectivity index (χ2n) is 3.01. The molecule has 0 aliphatic carbocycles. The summed E-state index contributed by atoms with van der Waals surface area (Å²) in [5.41, 5.74) is 6.11. The third-order valence-electron chi connectivity index (χ3n) is 1.83. The van der Waals surface area contributed by atoms with Crippen LogP contribution in [0, 0.1) is 0 Å². The van der Waals surface area contributed by atoms with Crippen molar-refractivity contribution >= 4 is 11.5 Å². The van der Waals surface area contributed by atoms with Crippen molar-refractivity contribution in [2.75, 3.05) is 31.3 Å². The highest BCUT2D eigenvalue weighted by Crippen LogP contribution is 2.19. The first kappa shape index (κ1) is 11.5. The predicted molar refractivity (Wildman–Crippen MR) is 56.8 cm³/mol. The average molecular weight is 213 g/mol. The Bertz CT molecular complexity index is 319.